The number of carboxylic acids is 1. The number of carbonyl (C=O) groups is 2. The molecule has 0 fully saturated rings. The third-order valence-corrected chi connectivity index (χ3v) is 1.94. The lowest BCUT2D eigenvalue weighted by molar-refractivity contribution is -0.139. The van der Waals surface area contributed by atoms with Crippen LogP contribution in [0.25, 0.3) is 0 Å². The number of anilines is 1. The van der Waals surface area contributed by atoms with Gasteiger partial charge in [-0.3, -0.25) is 9.59 Å². The number of hydrogen-bond donors (Lipinski definition) is 2. The van der Waals surface area contributed by atoms with Crippen molar-refractivity contribution in [2.75, 3.05) is 12.4 Å². The summed E-state index contributed by atoms with van der Waals surface area (Å²) in [5.41, 5.74) is 1.43. The molecule has 1 rings (SSSR count). The van der Waals surface area contributed by atoms with Gasteiger partial charge in [0, 0.05) is 0 Å². The standard InChI is InChI=1S/C11H13NO4/c1-7-3-4-9(16-2)8(5-7)12-10(13)6-11(14)15/h3-5H,6H2,1-2H3,(H,12,13)(H,14,15). The Balaban J connectivity index is 2.83. The lowest BCUT2D eigenvalue weighted by Crippen LogP contribution is -2.16. The summed E-state index contributed by atoms with van der Waals surface area (Å²) in [6.07, 6.45) is -0.558. The predicted octanol–water partition coefficient (Wildman–Crippen LogP) is 1.42. The third-order valence-electron chi connectivity index (χ3n) is 1.94. The first-order chi connectivity index (χ1) is 7.52. The van der Waals surface area contributed by atoms with E-state index in [9.17, 15) is 9.59 Å². The van der Waals surface area contributed by atoms with Crippen LogP contribution in [0.2, 0.25) is 0 Å². The molecule has 0 unspecified atom stereocenters. The summed E-state index contributed by atoms with van der Waals surface area (Å²) in [5, 5.41) is 10.9. The molecule has 1 aromatic carbocycles. The van der Waals surface area contributed by atoms with E-state index in [4.69, 9.17) is 9.84 Å². The Kier molecular flexibility index (Phi) is 3.88. The van der Waals surface area contributed by atoms with E-state index in [2.05, 4.69) is 5.32 Å². The fourth-order valence-corrected chi connectivity index (χ4v) is 1.25. The van der Waals surface area contributed by atoms with Crippen molar-refractivity contribution in [3.8, 4) is 5.75 Å². The maximum absolute atomic E-state index is 11.3. The number of carboxylic acid groups (broad SMARTS) is 1. The summed E-state index contributed by atoms with van der Waals surface area (Å²) in [5.74, 6) is -1.23. The van der Waals surface area contributed by atoms with E-state index in [1.165, 1.54) is 7.11 Å². The average molecular weight is 223 g/mol. The molecule has 0 radical (unpaired) electrons. The van der Waals surface area contributed by atoms with Crippen LogP contribution in [0.4, 0.5) is 5.69 Å². The van der Waals surface area contributed by atoms with E-state index >= 15 is 0 Å². The van der Waals surface area contributed by atoms with Gasteiger partial charge in [0.1, 0.15) is 12.2 Å². The van der Waals surface area contributed by atoms with Crippen LogP contribution in [0.1, 0.15) is 12.0 Å². The second-order valence-corrected chi connectivity index (χ2v) is 3.32. The number of nitrogens with one attached hydrogen (secondary N) is 1. The molecule has 0 aliphatic heterocycles. The first kappa shape index (κ1) is 12.0. The van der Waals surface area contributed by atoms with Gasteiger partial charge in [-0.25, -0.2) is 0 Å². The highest BCUT2D eigenvalue weighted by Crippen LogP contribution is 2.25. The third kappa shape index (κ3) is 3.27. The Hall–Kier alpha value is -2.04. The number of aryl methyl sites for hydroxylation is 1. The molecule has 1 aromatic rings. The van der Waals surface area contributed by atoms with Gasteiger partial charge >= 0.3 is 5.97 Å². The number of carbonyl (C=O) groups excluding carboxylic acids is 1. The Morgan fingerprint density at radius 3 is 2.69 bits per heavy atom. The van der Waals surface area contributed by atoms with E-state index in [0.29, 0.717) is 11.4 Å². The molecule has 86 valence electrons. The molecule has 0 saturated carbocycles. The quantitative estimate of drug-likeness (QED) is 0.757. The summed E-state index contributed by atoms with van der Waals surface area (Å²) >= 11 is 0. The van der Waals surface area contributed by atoms with Crippen LogP contribution in [0.5, 0.6) is 5.75 Å². The van der Waals surface area contributed by atoms with Crippen LogP contribution in [0.15, 0.2) is 18.2 Å². The van der Waals surface area contributed by atoms with Gasteiger partial charge in [-0.1, -0.05) is 6.07 Å². The van der Waals surface area contributed by atoms with Crippen molar-refractivity contribution in [3.05, 3.63) is 23.8 Å². The Morgan fingerprint density at radius 2 is 2.12 bits per heavy atom. The first-order valence-electron chi connectivity index (χ1n) is 4.69. The first-order valence-corrected chi connectivity index (χ1v) is 4.69. The highest BCUT2D eigenvalue weighted by atomic mass is 16.5. The van der Waals surface area contributed by atoms with Gasteiger partial charge in [0.05, 0.1) is 12.8 Å². The van der Waals surface area contributed by atoms with Crippen LogP contribution in [0.3, 0.4) is 0 Å². The van der Waals surface area contributed by atoms with Gasteiger partial charge in [0.2, 0.25) is 5.91 Å². The van der Waals surface area contributed by atoms with E-state index in [0.717, 1.165) is 5.56 Å². The fraction of sp³-hybridized carbons (Fsp3) is 0.273. The van der Waals surface area contributed by atoms with Crippen molar-refractivity contribution in [1.82, 2.24) is 0 Å². The van der Waals surface area contributed by atoms with Crippen molar-refractivity contribution >= 4 is 17.6 Å². The number of methoxy groups -OCH3 is 1. The molecule has 0 bridgehead atoms. The number of rotatable bonds is 4. The maximum Gasteiger partial charge on any atom is 0.312 e. The summed E-state index contributed by atoms with van der Waals surface area (Å²) in [6.45, 7) is 1.87. The molecule has 2 N–H and O–H groups in total. The highest BCUT2D eigenvalue weighted by molar-refractivity contribution is 6.02. The highest BCUT2D eigenvalue weighted by Gasteiger charge is 2.10. The van der Waals surface area contributed by atoms with Crippen molar-refractivity contribution in [2.45, 2.75) is 13.3 Å². The fourth-order valence-electron chi connectivity index (χ4n) is 1.25. The topological polar surface area (TPSA) is 75.6 Å². The molecule has 0 atom stereocenters. The number of aliphatic carboxylic acids is 1. The van der Waals surface area contributed by atoms with Crippen molar-refractivity contribution in [1.29, 1.82) is 0 Å². The van der Waals surface area contributed by atoms with Gasteiger partial charge in [-0.15, -0.1) is 0 Å². The van der Waals surface area contributed by atoms with Gasteiger partial charge in [-0.2, -0.15) is 0 Å². The molecule has 0 saturated heterocycles. The molecule has 5 nitrogen and oxygen atoms in total. The zero-order chi connectivity index (χ0) is 12.1. The van der Waals surface area contributed by atoms with Crippen molar-refractivity contribution in [3.63, 3.8) is 0 Å². The lowest BCUT2D eigenvalue weighted by Gasteiger charge is -2.10. The summed E-state index contributed by atoms with van der Waals surface area (Å²) in [6, 6.07) is 5.27. The van der Waals surface area contributed by atoms with Crippen LogP contribution in [0, 0.1) is 6.92 Å². The van der Waals surface area contributed by atoms with E-state index in [1.54, 1.807) is 12.1 Å². The van der Waals surface area contributed by atoms with Crippen molar-refractivity contribution in [2.24, 2.45) is 0 Å². The van der Waals surface area contributed by atoms with E-state index in [-0.39, 0.29) is 0 Å². The Bertz CT molecular complexity index is 414. The predicted molar refractivity (Wildman–Crippen MR) is 58.6 cm³/mol. The summed E-state index contributed by atoms with van der Waals surface area (Å²) in [7, 11) is 1.48. The van der Waals surface area contributed by atoms with Gasteiger partial charge in [0.15, 0.2) is 0 Å². The summed E-state index contributed by atoms with van der Waals surface area (Å²) in [4.78, 5) is 21.6. The second-order valence-electron chi connectivity index (χ2n) is 3.32. The minimum absolute atomic E-state index is 0.480. The number of benzene rings is 1. The molecule has 5 heteroatoms. The summed E-state index contributed by atoms with van der Waals surface area (Å²) < 4.78 is 5.04. The molecule has 0 spiro atoms. The zero-order valence-electron chi connectivity index (χ0n) is 9.11. The SMILES string of the molecule is COc1ccc(C)cc1NC(=O)CC(=O)O. The molecule has 0 aliphatic carbocycles. The molecule has 0 aromatic heterocycles. The van der Waals surface area contributed by atoms with E-state index in [1.807, 2.05) is 13.0 Å². The molecule has 0 aliphatic rings. The normalized spacial score (nSPS) is 9.62. The largest absolute Gasteiger partial charge is 0.495 e. The molecular formula is C11H13NO4. The number of amides is 1. The minimum atomic E-state index is -1.16. The lowest BCUT2D eigenvalue weighted by atomic mass is 10.2. The van der Waals surface area contributed by atoms with Crippen molar-refractivity contribution < 1.29 is 19.4 Å². The Morgan fingerprint density at radius 1 is 1.44 bits per heavy atom. The van der Waals surface area contributed by atoms with Gasteiger partial charge < -0.3 is 15.2 Å². The van der Waals surface area contributed by atoms with E-state index < -0.39 is 18.3 Å². The minimum Gasteiger partial charge on any atom is -0.495 e. The average Bonchev–Trinajstić information content (AvgIpc) is 2.16. The smallest absolute Gasteiger partial charge is 0.312 e. The Labute approximate surface area is 93.0 Å². The molecular weight excluding hydrogens is 210 g/mol. The second kappa shape index (κ2) is 5.16. The van der Waals surface area contributed by atoms with Crippen LogP contribution in [-0.2, 0) is 9.59 Å². The number of ether oxygens (including phenoxy) is 1. The molecule has 1 amide bonds. The zero-order valence-corrected chi connectivity index (χ0v) is 9.11. The maximum atomic E-state index is 11.3. The molecule has 0 heterocycles. The monoisotopic (exact) mass is 223 g/mol. The number of hydrogen-bond acceptors (Lipinski definition) is 3. The van der Waals surface area contributed by atoms with Crippen LogP contribution >= 0.6 is 0 Å². The van der Waals surface area contributed by atoms with Gasteiger partial charge in [0.25, 0.3) is 0 Å². The van der Waals surface area contributed by atoms with Crippen LogP contribution in [-0.4, -0.2) is 24.1 Å². The van der Waals surface area contributed by atoms with Crippen LogP contribution < -0.4 is 10.1 Å². The van der Waals surface area contributed by atoms with Gasteiger partial charge in [-0.05, 0) is 24.6 Å². The molecule has 16 heavy (non-hydrogen) atoms.